The average molecular weight is 154 g/mol. The van der Waals surface area contributed by atoms with Crippen LogP contribution in [0.15, 0.2) is 0 Å². The third kappa shape index (κ3) is 2.23. The smallest absolute Gasteiger partial charge is 0.188 e. The van der Waals surface area contributed by atoms with Crippen LogP contribution in [0.1, 0.15) is 13.8 Å². The highest BCUT2D eigenvalue weighted by molar-refractivity contribution is 8.09. The predicted octanol–water partition coefficient (Wildman–Crippen LogP) is 1.34. The predicted molar refractivity (Wildman–Crippen MR) is 38.6 cm³/mol. The van der Waals surface area contributed by atoms with Gasteiger partial charge in [-0.1, -0.05) is 13.8 Å². The van der Waals surface area contributed by atoms with Crippen LogP contribution in [0.4, 0.5) is 0 Å². The molecule has 0 aliphatic carbocycles. The molecule has 0 bridgehead atoms. The van der Waals surface area contributed by atoms with Gasteiger partial charge in [-0.25, -0.2) is 0 Å². The van der Waals surface area contributed by atoms with Crippen LogP contribution in [0.25, 0.3) is 0 Å². The van der Waals surface area contributed by atoms with Gasteiger partial charge in [-0.2, -0.15) is 0 Å². The second kappa shape index (κ2) is 2.92. The van der Waals surface area contributed by atoms with Crippen molar-refractivity contribution in [3.63, 3.8) is 0 Å². The van der Waals surface area contributed by atoms with Gasteiger partial charge in [0.2, 0.25) is 0 Å². The molecule has 0 rings (SSSR count). The number of hydrogen-bond acceptors (Lipinski definition) is 2. The molecule has 1 N–H and O–H groups in total. The van der Waals surface area contributed by atoms with E-state index in [0.717, 1.165) is 0 Å². The molecule has 0 aromatic carbocycles. The molecule has 50 valence electrons. The minimum Gasteiger partial charge on any atom is -0.345 e. The molecule has 0 aliphatic rings. The molecule has 0 fully saturated rings. The summed E-state index contributed by atoms with van der Waals surface area (Å²) in [7, 11) is 1.45. The van der Waals surface area contributed by atoms with Crippen molar-refractivity contribution in [3.8, 4) is 0 Å². The highest BCUT2D eigenvalue weighted by atomic mass is 32.5. The van der Waals surface area contributed by atoms with Gasteiger partial charge in [0.1, 0.15) is 0 Å². The number of rotatable bonds is 2. The van der Waals surface area contributed by atoms with E-state index in [2.05, 4.69) is 4.52 Å². The minimum absolute atomic E-state index is 0.0718. The first-order valence-corrected chi connectivity index (χ1v) is 5.13. The monoisotopic (exact) mass is 154 g/mol. The van der Waals surface area contributed by atoms with Crippen molar-refractivity contribution >= 4 is 18.3 Å². The lowest BCUT2D eigenvalue weighted by Gasteiger charge is -2.15. The SMILES string of the molecule is COP(O)(=S)C(C)C. The van der Waals surface area contributed by atoms with Crippen LogP contribution < -0.4 is 0 Å². The van der Waals surface area contributed by atoms with Crippen LogP contribution in [0, 0.1) is 0 Å². The molecule has 1 unspecified atom stereocenters. The van der Waals surface area contributed by atoms with Gasteiger partial charge in [-0.15, -0.1) is 0 Å². The Morgan fingerprint density at radius 1 is 1.62 bits per heavy atom. The molecular formula is C4H11O2PS. The zero-order valence-corrected chi connectivity index (χ0v) is 7.00. The van der Waals surface area contributed by atoms with E-state index in [1.165, 1.54) is 7.11 Å². The van der Waals surface area contributed by atoms with Crippen LogP contribution in [-0.4, -0.2) is 17.7 Å². The Morgan fingerprint density at radius 3 is 2.00 bits per heavy atom. The zero-order valence-electron chi connectivity index (χ0n) is 5.29. The van der Waals surface area contributed by atoms with Crippen LogP contribution in [0.2, 0.25) is 0 Å². The first-order valence-electron chi connectivity index (χ1n) is 2.39. The molecular weight excluding hydrogens is 143 g/mol. The summed E-state index contributed by atoms with van der Waals surface area (Å²) < 4.78 is 4.68. The van der Waals surface area contributed by atoms with E-state index in [-0.39, 0.29) is 5.66 Å². The lowest BCUT2D eigenvalue weighted by atomic mass is 10.6. The molecule has 0 spiro atoms. The van der Waals surface area contributed by atoms with E-state index in [4.69, 9.17) is 16.7 Å². The van der Waals surface area contributed by atoms with Gasteiger partial charge in [0.15, 0.2) is 6.49 Å². The maximum Gasteiger partial charge on any atom is 0.188 e. The Balaban J connectivity index is 3.93. The molecule has 0 aromatic rings. The van der Waals surface area contributed by atoms with Crippen molar-refractivity contribution in [2.75, 3.05) is 7.11 Å². The summed E-state index contributed by atoms with van der Waals surface area (Å²) in [6, 6.07) is 0. The third-order valence-electron chi connectivity index (χ3n) is 0.914. The van der Waals surface area contributed by atoms with Gasteiger partial charge in [0.05, 0.1) is 0 Å². The van der Waals surface area contributed by atoms with Crippen molar-refractivity contribution in [1.82, 2.24) is 0 Å². The molecule has 1 atom stereocenters. The maximum absolute atomic E-state index is 9.10. The average Bonchev–Trinajstić information content (AvgIpc) is 1.67. The largest absolute Gasteiger partial charge is 0.345 e. The highest BCUT2D eigenvalue weighted by Gasteiger charge is 2.15. The van der Waals surface area contributed by atoms with Gasteiger partial charge >= 0.3 is 0 Å². The molecule has 2 nitrogen and oxygen atoms in total. The van der Waals surface area contributed by atoms with Crippen LogP contribution in [-0.2, 0) is 16.3 Å². The van der Waals surface area contributed by atoms with Crippen LogP contribution in [0.5, 0.6) is 0 Å². The van der Waals surface area contributed by atoms with Gasteiger partial charge < -0.3 is 9.42 Å². The van der Waals surface area contributed by atoms with Crippen molar-refractivity contribution < 1.29 is 9.42 Å². The van der Waals surface area contributed by atoms with Crippen molar-refractivity contribution in [3.05, 3.63) is 0 Å². The Kier molecular flexibility index (Phi) is 3.13. The van der Waals surface area contributed by atoms with Crippen molar-refractivity contribution in [2.45, 2.75) is 19.5 Å². The van der Waals surface area contributed by atoms with E-state index < -0.39 is 6.49 Å². The lowest BCUT2D eigenvalue weighted by Crippen LogP contribution is -1.97. The van der Waals surface area contributed by atoms with E-state index >= 15 is 0 Å². The third-order valence-corrected chi connectivity index (χ3v) is 4.45. The maximum atomic E-state index is 9.10. The minimum atomic E-state index is -2.41. The Hall–Kier alpha value is 0.570. The summed E-state index contributed by atoms with van der Waals surface area (Å²) in [4.78, 5) is 9.10. The highest BCUT2D eigenvalue weighted by Crippen LogP contribution is 2.46. The second-order valence-corrected chi connectivity index (χ2v) is 5.94. The summed E-state index contributed by atoms with van der Waals surface area (Å²) >= 11 is 4.71. The fourth-order valence-corrected chi connectivity index (χ4v) is 0.632. The summed E-state index contributed by atoms with van der Waals surface area (Å²) in [6.45, 7) is 1.29. The molecule has 0 aromatic heterocycles. The molecule has 0 aliphatic heterocycles. The Morgan fingerprint density at radius 2 is 2.00 bits per heavy atom. The summed E-state index contributed by atoms with van der Waals surface area (Å²) in [5, 5.41) is 0. The van der Waals surface area contributed by atoms with Gasteiger partial charge in [-0.05, 0) is 11.8 Å². The molecule has 0 radical (unpaired) electrons. The van der Waals surface area contributed by atoms with E-state index in [9.17, 15) is 0 Å². The summed E-state index contributed by atoms with van der Waals surface area (Å²) in [5.74, 6) is 0. The van der Waals surface area contributed by atoms with Gasteiger partial charge in [-0.3, -0.25) is 0 Å². The molecule has 0 amide bonds. The molecule has 0 heterocycles. The molecule has 4 heteroatoms. The first-order chi connectivity index (χ1) is 3.50. The topological polar surface area (TPSA) is 29.5 Å². The Bertz CT molecular complexity index is 113. The zero-order chi connectivity index (χ0) is 6.78. The first kappa shape index (κ1) is 8.57. The van der Waals surface area contributed by atoms with E-state index in [1.54, 1.807) is 0 Å². The van der Waals surface area contributed by atoms with E-state index in [0.29, 0.717) is 0 Å². The normalized spacial score (nSPS) is 18.6. The van der Waals surface area contributed by atoms with Crippen molar-refractivity contribution in [1.29, 1.82) is 0 Å². The number of hydrogen-bond donors (Lipinski definition) is 1. The van der Waals surface area contributed by atoms with E-state index in [1.807, 2.05) is 13.8 Å². The molecule has 0 saturated carbocycles. The van der Waals surface area contributed by atoms with Crippen LogP contribution >= 0.6 is 6.49 Å². The summed E-state index contributed by atoms with van der Waals surface area (Å²) in [5.41, 5.74) is 0.0718. The fourth-order valence-electron chi connectivity index (χ4n) is 0.211. The standard InChI is InChI=1S/C4H11O2PS/c1-4(2)7(5,8)6-3/h4H,1-3H3,(H,5,8). The quantitative estimate of drug-likeness (QED) is 0.609. The van der Waals surface area contributed by atoms with Gasteiger partial charge in [0.25, 0.3) is 0 Å². The van der Waals surface area contributed by atoms with Crippen molar-refractivity contribution in [2.24, 2.45) is 0 Å². The van der Waals surface area contributed by atoms with Gasteiger partial charge in [0, 0.05) is 12.8 Å². The fraction of sp³-hybridized carbons (Fsp3) is 1.00. The molecule has 0 saturated heterocycles. The molecule has 8 heavy (non-hydrogen) atoms. The summed E-state index contributed by atoms with van der Waals surface area (Å²) in [6.07, 6.45) is 0. The van der Waals surface area contributed by atoms with Crippen LogP contribution in [0.3, 0.4) is 0 Å². The second-order valence-electron chi connectivity index (χ2n) is 1.84. The Labute approximate surface area is 55.0 Å². The lowest BCUT2D eigenvalue weighted by molar-refractivity contribution is 0.380.